The van der Waals surface area contributed by atoms with Crippen LogP contribution in [0.4, 0.5) is 20.3 Å². The topological polar surface area (TPSA) is 55.9 Å². The van der Waals surface area contributed by atoms with Crippen LogP contribution in [0.25, 0.3) is 0 Å². The van der Waals surface area contributed by atoms with Gasteiger partial charge in [-0.3, -0.25) is 4.68 Å². The highest BCUT2D eigenvalue weighted by Crippen LogP contribution is 2.28. The Morgan fingerprint density at radius 2 is 2.00 bits per heavy atom. The lowest BCUT2D eigenvalue weighted by atomic mass is 10.1. The summed E-state index contributed by atoms with van der Waals surface area (Å²) in [6, 6.07) is 3.80. The molecular weight excluding hydrogens is 262 g/mol. The molecule has 0 fully saturated rings. The molecular formula is C14H18F2N4. The zero-order valence-corrected chi connectivity index (χ0v) is 11.7. The van der Waals surface area contributed by atoms with Crippen molar-refractivity contribution in [3.05, 3.63) is 41.1 Å². The lowest BCUT2D eigenvalue weighted by molar-refractivity contribution is 0.507. The summed E-state index contributed by atoms with van der Waals surface area (Å²) in [5.74, 6) is -0.806. The molecule has 0 amide bonds. The van der Waals surface area contributed by atoms with Crippen LogP contribution < -0.4 is 11.1 Å². The molecule has 1 aromatic heterocycles. The number of nitrogens with zero attached hydrogens (tertiary/aromatic N) is 2. The van der Waals surface area contributed by atoms with Gasteiger partial charge < -0.3 is 11.1 Å². The van der Waals surface area contributed by atoms with E-state index >= 15 is 0 Å². The molecule has 4 nitrogen and oxygen atoms in total. The minimum absolute atomic E-state index is 0.222. The molecule has 1 heterocycles. The molecule has 1 aromatic carbocycles. The third-order valence-corrected chi connectivity index (χ3v) is 3.10. The van der Waals surface area contributed by atoms with E-state index in [1.807, 2.05) is 13.8 Å². The molecule has 0 radical (unpaired) electrons. The van der Waals surface area contributed by atoms with Gasteiger partial charge >= 0.3 is 0 Å². The van der Waals surface area contributed by atoms with Gasteiger partial charge in [-0.05, 0) is 23.6 Å². The van der Waals surface area contributed by atoms with E-state index in [4.69, 9.17) is 5.73 Å². The van der Waals surface area contributed by atoms with Crippen molar-refractivity contribution in [2.24, 2.45) is 7.05 Å². The third-order valence-electron chi connectivity index (χ3n) is 3.10. The summed E-state index contributed by atoms with van der Waals surface area (Å²) in [5, 5.41) is 7.45. The first-order chi connectivity index (χ1) is 9.40. The van der Waals surface area contributed by atoms with Crippen LogP contribution in [0.3, 0.4) is 0 Å². The van der Waals surface area contributed by atoms with Crippen LogP contribution in [0.5, 0.6) is 0 Å². The number of nitrogens with two attached hydrogens (primary N) is 1. The second kappa shape index (κ2) is 5.48. The van der Waals surface area contributed by atoms with Crippen molar-refractivity contribution >= 4 is 11.5 Å². The number of rotatable bonds is 4. The smallest absolute Gasteiger partial charge is 0.159 e. The number of aromatic nitrogens is 2. The predicted octanol–water partition coefficient (Wildman–Crippen LogP) is 3.02. The molecule has 0 bridgehead atoms. The number of hydrogen-bond acceptors (Lipinski definition) is 3. The number of nitrogen functional groups attached to an aromatic ring is 1. The Labute approximate surface area is 116 Å². The molecule has 0 atom stereocenters. The highest BCUT2D eigenvalue weighted by atomic mass is 19.2. The van der Waals surface area contributed by atoms with E-state index in [2.05, 4.69) is 10.4 Å². The molecule has 0 saturated heterocycles. The maximum absolute atomic E-state index is 13.1. The number of benzene rings is 1. The first kappa shape index (κ1) is 14.3. The van der Waals surface area contributed by atoms with E-state index in [1.165, 1.54) is 6.07 Å². The number of halogens is 2. The number of hydrogen-bond donors (Lipinski definition) is 2. The molecule has 0 aliphatic rings. The molecule has 20 heavy (non-hydrogen) atoms. The van der Waals surface area contributed by atoms with Gasteiger partial charge in [0.25, 0.3) is 0 Å². The zero-order chi connectivity index (χ0) is 14.9. The maximum atomic E-state index is 13.1. The Bertz CT molecular complexity index is 620. The lowest BCUT2D eigenvalue weighted by Gasteiger charge is -2.08. The van der Waals surface area contributed by atoms with Crippen LogP contribution in [-0.2, 0) is 13.6 Å². The average molecular weight is 280 g/mol. The van der Waals surface area contributed by atoms with Gasteiger partial charge in [0.1, 0.15) is 5.82 Å². The molecule has 3 N–H and O–H groups in total. The Hall–Kier alpha value is -2.11. The number of nitrogens with one attached hydrogen (secondary N) is 1. The van der Waals surface area contributed by atoms with Crippen molar-refractivity contribution in [1.82, 2.24) is 9.78 Å². The molecule has 0 unspecified atom stereocenters. The quantitative estimate of drug-likeness (QED) is 0.905. The second-order valence-corrected chi connectivity index (χ2v) is 5.03. The molecule has 2 aromatic rings. The molecule has 0 spiro atoms. The van der Waals surface area contributed by atoms with Gasteiger partial charge in [0, 0.05) is 13.6 Å². The highest BCUT2D eigenvalue weighted by molar-refractivity contribution is 5.65. The monoisotopic (exact) mass is 280 g/mol. The van der Waals surface area contributed by atoms with E-state index in [0.717, 1.165) is 17.8 Å². The number of anilines is 2. The summed E-state index contributed by atoms with van der Waals surface area (Å²) in [4.78, 5) is 0. The summed E-state index contributed by atoms with van der Waals surface area (Å²) in [7, 11) is 1.79. The van der Waals surface area contributed by atoms with Crippen molar-refractivity contribution in [3.63, 3.8) is 0 Å². The van der Waals surface area contributed by atoms with Gasteiger partial charge in [0.2, 0.25) is 0 Å². The summed E-state index contributed by atoms with van der Waals surface area (Å²) in [5.41, 5.74) is 8.09. The van der Waals surface area contributed by atoms with E-state index in [-0.39, 0.29) is 5.92 Å². The Kier molecular flexibility index (Phi) is 3.92. The van der Waals surface area contributed by atoms with Gasteiger partial charge in [-0.2, -0.15) is 5.10 Å². The van der Waals surface area contributed by atoms with Crippen LogP contribution in [0, 0.1) is 11.6 Å². The minimum Gasteiger partial charge on any atom is -0.394 e. The Morgan fingerprint density at radius 1 is 1.30 bits per heavy atom. The first-order valence-electron chi connectivity index (χ1n) is 6.40. The Balaban J connectivity index is 2.16. The van der Waals surface area contributed by atoms with Crippen molar-refractivity contribution in [2.75, 3.05) is 11.1 Å². The van der Waals surface area contributed by atoms with Crippen molar-refractivity contribution in [1.29, 1.82) is 0 Å². The summed E-state index contributed by atoms with van der Waals surface area (Å²) in [6.07, 6.45) is 0. The number of aryl methyl sites for hydroxylation is 1. The van der Waals surface area contributed by atoms with Crippen molar-refractivity contribution in [2.45, 2.75) is 26.3 Å². The largest absolute Gasteiger partial charge is 0.394 e. The fraction of sp³-hybridized carbons (Fsp3) is 0.357. The SMILES string of the molecule is CC(C)c1nn(C)c(NCc2ccc(F)c(F)c2)c1N. The van der Waals surface area contributed by atoms with Crippen LogP contribution in [0.1, 0.15) is 31.0 Å². The first-order valence-corrected chi connectivity index (χ1v) is 6.40. The van der Waals surface area contributed by atoms with Crippen molar-refractivity contribution < 1.29 is 8.78 Å². The fourth-order valence-electron chi connectivity index (χ4n) is 2.03. The molecule has 6 heteroatoms. The van der Waals surface area contributed by atoms with E-state index in [0.29, 0.717) is 23.6 Å². The van der Waals surface area contributed by atoms with E-state index in [1.54, 1.807) is 11.7 Å². The third kappa shape index (κ3) is 2.74. The maximum Gasteiger partial charge on any atom is 0.159 e. The lowest BCUT2D eigenvalue weighted by Crippen LogP contribution is -2.06. The Morgan fingerprint density at radius 3 is 2.55 bits per heavy atom. The van der Waals surface area contributed by atoms with Crippen molar-refractivity contribution in [3.8, 4) is 0 Å². The standard InChI is InChI=1S/C14H18F2N4/c1-8(2)13-12(17)14(20(3)19-13)18-7-9-4-5-10(15)11(16)6-9/h4-6,8,18H,7,17H2,1-3H3. The zero-order valence-electron chi connectivity index (χ0n) is 11.7. The molecule has 0 aliphatic heterocycles. The van der Waals surface area contributed by atoms with Gasteiger partial charge in [-0.25, -0.2) is 8.78 Å². The van der Waals surface area contributed by atoms with Crippen LogP contribution in [0.15, 0.2) is 18.2 Å². The average Bonchev–Trinajstić information content (AvgIpc) is 2.67. The molecule has 108 valence electrons. The van der Waals surface area contributed by atoms with Gasteiger partial charge in [0.15, 0.2) is 11.6 Å². The van der Waals surface area contributed by atoms with Crippen LogP contribution in [-0.4, -0.2) is 9.78 Å². The van der Waals surface area contributed by atoms with Gasteiger partial charge in [0.05, 0.1) is 11.4 Å². The normalized spacial score (nSPS) is 11.1. The molecule has 2 rings (SSSR count). The van der Waals surface area contributed by atoms with Gasteiger partial charge in [-0.1, -0.05) is 19.9 Å². The molecule has 0 saturated carbocycles. The van der Waals surface area contributed by atoms with Crippen LogP contribution in [0.2, 0.25) is 0 Å². The predicted molar refractivity (Wildman–Crippen MR) is 75.4 cm³/mol. The van der Waals surface area contributed by atoms with E-state index in [9.17, 15) is 8.78 Å². The van der Waals surface area contributed by atoms with Gasteiger partial charge in [-0.15, -0.1) is 0 Å². The fourth-order valence-corrected chi connectivity index (χ4v) is 2.03. The second-order valence-electron chi connectivity index (χ2n) is 5.03. The highest BCUT2D eigenvalue weighted by Gasteiger charge is 2.15. The van der Waals surface area contributed by atoms with E-state index < -0.39 is 11.6 Å². The van der Waals surface area contributed by atoms with Crippen LogP contribution >= 0.6 is 0 Å². The summed E-state index contributed by atoms with van der Waals surface area (Å²) >= 11 is 0. The molecule has 0 aliphatic carbocycles. The summed E-state index contributed by atoms with van der Waals surface area (Å²) in [6.45, 7) is 4.37. The summed E-state index contributed by atoms with van der Waals surface area (Å²) < 4.78 is 27.6. The minimum atomic E-state index is -0.856.